The molecule has 0 unspecified atom stereocenters. The van der Waals surface area contributed by atoms with Crippen molar-refractivity contribution in [3.05, 3.63) is 35.6 Å². The minimum absolute atomic E-state index is 0.0663. The molecular weight excluding hydrogens is 281 g/mol. The maximum absolute atomic E-state index is 13.5. The van der Waals surface area contributed by atoms with E-state index in [0.29, 0.717) is 6.54 Å². The molecular formula is C18H24FNO2. The van der Waals surface area contributed by atoms with E-state index >= 15 is 0 Å². The van der Waals surface area contributed by atoms with Crippen molar-refractivity contribution >= 4 is 5.91 Å². The van der Waals surface area contributed by atoms with E-state index in [1.54, 1.807) is 6.07 Å². The molecule has 2 fully saturated rings. The minimum atomic E-state index is -0.763. The topological polar surface area (TPSA) is 49.3 Å². The van der Waals surface area contributed by atoms with Crippen LogP contribution in [0.5, 0.6) is 0 Å². The van der Waals surface area contributed by atoms with Crippen LogP contribution in [0.2, 0.25) is 0 Å². The highest BCUT2D eigenvalue weighted by molar-refractivity contribution is 5.89. The first-order chi connectivity index (χ1) is 10.5. The number of carbonyl (C=O) groups excluding carboxylic acids is 1. The lowest BCUT2D eigenvalue weighted by Gasteiger charge is -2.42. The first-order valence-corrected chi connectivity index (χ1v) is 8.31. The lowest BCUT2D eigenvalue weighted by Crippen LogP contribution is -2.53. The molecule has 1 aromatic carbocycles. The summed E-state index contributed by atoms with van der Waals surface area (Å²) in [6.45, 7) is 0.308. The molecule has 3 nitrogen and oxygen atoms in total. The summed E-state index contributed by atoms with van der Waals surface area (Å²) in [5.41, 5.74) is -0.611. The molecule has 0 bridgehead atoms. The van der Waals surface area contributed by atoms with Crippen LogP contribution in [0.3, 0.4) is 0 Å². The van der Waals surface area contributed by atoms with Crippen molar-refractivity contribution in [3.8, 4) is 0 Å². The first-order valence-electron chi connectivity index (χ1n) is 8.31. The van der Waals surface area contributed by atoms with Crippen molar-refractivity contribution in [1.82, 2.24) is 5.32 Å². The summed E-state index contributed by atoms with van der Waals surface area (Å²) in [4.78, 5) is 12.7. The molecule has 2 saturated carbocycles. The molecule has 1 amide bonds. The van der Waals surface area contributed by atoms with Gasteiger partial charge in [0.05, 0.1) is 11.0 Å². The zero-order valence-electron chi connectivity index (χ0n) is 12.9. The number of halogens is 1. The van der Waals surface area contributed by atoms with E-state index in [0.717, 1.165) is 56.9 Å². The van der Waals surface area contributed by atoms with Gasteiger partial charge in [-0.25, -0.2) is 4.39 Å². The van der Waals surface area contributed by atoms with Crippen molar-refractivity contribution in [1.29, 1.82) is 0 Å². The third-order valence-corrected chi connectivity index (χ3v) is 5.38. The van der Waals surface area contributed by atoms with Gasteiger partial charge in [0.25, 0.3) is 0 Å². The van der Waals surface area contributed by atoms with Gasteiger partial charge in [0, 0.05) is 6.54 Å². The molecule has 4 heteroatoms. The van der Waals surface area contributed by atoms with Crippen molar-refractivity contribution in [2.24, 2.45) is 0 Å². The van der Waals surface area contributed by atoms with Crippen LogP contribution in [0.15, 0.2) is 24.3 Å². The van der Waals surface area contributed by atoms with E-state index in [1.807, 2.05) is 6.07 Å². The predicted octanol–water partition coefficient (Wildman–Crippen LogP) is 3.06. The lowest BCUT2D eigenvalue weighted by atomic mass is 9.63. The van der Waals surface area contributed by atoms with E-state index < -0.39 is 11.0 Å². The van der Waals surface area contributed by atoms with Crippen LogP contribution in [-0.4, -0.2) is 23.2 Å². The summed E-state index contributed by atoms with van der Waals surface area (Å²) in [7, 11) is 0. The minimum Gasteiger partial charge on any atom is -0.388 e. The lowest BCUT2D eigenvalue weighted by molar-refractivity contribution is -0.131. The highest BCUT2D eigenvalue weighted by atomic mass is 19.1. The van der Waals surface area contributed by atoms with Crippen molar-refractivity contribution in [2.75, 3.05) is 6.54 Å². The highest BCUT2D eigenvalue weighted by Crippen LogP contribution is 2.44. The average Bonchev–Trinajstić information content (AvgIpc) is 2.45. The molecule has 0 atom stereocenters. The standard InChI is InChI=1S/C18H24FNO2/c19-15-7-4-6-14(12-15)18(10-5-11-18)16(21)20-13-17(22)8-2-1-3-9-17/h4,6-7,12,22H,1-3,5,8-11,13H2,(H,20,21). The van der Waals surface area contributed by atoms with E-state index in [-0.39, 0.29) is 11.7 Å². The maximum atomic E-state index is 13.5. The van der Waals surface area contributed by atoms with E-state index in [4.69, 9.17) is 0 Å². The summed E-state index contributed by atoms with van der Waals surface area (Å²) in [5, 5.41) is 13.5. The number of rotatable bonds is 4. The van der Waals surface area contributed by atoms with Crippen LogP contribution in [0.4, 0.5) is 4.39 Å². The van der Waals surface area contributed by atoms with Gasteiger partial charge in [-0.15, -0.1) is 0 Å². The van der Waals surface area contributed by atoms with E-state index in [9.17, 15) is 14.3 Å². The van der Waals surface area contributed by atoms with Gasteiger partial charge >= 0.3 is 0 Å². The van der Waals surface area contributed by atoms with Crippen LogP contribution in [-0.2, 0) is 10.2 Å². The Balaban J connectivity index is 1.69. The third-order valence-electron chi connectivity index (χ3n) is 5.38. The Labute approximate surface area is 130 Å². The van der Waals surface area contributed by atoms with Crippen LogP contribution < -0.4 is 5.32 Å². The Morgan fingerprint density at radius 3 is 2.45 bits per heavy atom. The molecule has 0 aromatic heterocycles. The van der Waals surface area contributed by atoms with Crippen LogP contribution >= 0.6 is 0 Å². The highest BCUT2D eigenvalue weighted by Gasteiger charge is 2.46. The number of aliphatic hydroxyl groups is 1. The number of benzene rings is 1. The summed E-state index contributed by atoms with van der Waals surface area (Å²) in [6, 6.07) is 6.36. The number of amides is 1. The Morgan fingerprint density at radius 1 is 1.14 bits per heavy atom. The maximum Gasteiger partial charge on any atom is 0.230 e. The Bertz CT molecular complexity index is 548. The van der Waals surface area contributed by atoms with Crippen LogP contribution in [0.1, 0.15) is 56.9 Å². The number of nitrogens with one attached hydrogen (secondary N) is 1. The fourth-order valence-corrected chi connectivity index (χ4v) is 3.76. The van der Waals surface area contributed by atoms with Gasteiger partial charge in [-0.3, -0.25) is 4.79 Å². The smallest absolute Gasteiger partial charge is 0.230 e. The van der Waals surface area contributed by atoms with Crippen molar-refractivity contribution in [2.45, 2.75) is 62.4 Å². The summed E-state index contributed by atoms with van der Waals surface area (Å²) in [5.74, 6) is -0.370. The average molecular weight is 305 g/mol. The Hall–Kier alpha value is -1.42. The van der Waals surface area contributed by atoms with Crippen molar-refractivity contribution in [3.63, 3.8) is 0 Å². The molecule has 2 aliphatic carbocycles. The van der Waals surface area contributed by atoms with E-state index in [1.165, 1.54) is 12.1 Å². The predicted molar refractivity (Wildman–Crippen MR) is 83.0 cm³/mol. The van der Waals surface area contributed by atoms with Crippen molar-refractivity contribution < 1.29 is 14.3 Å². The molecule has 22 heavy (non-hydrogen) atoms. The number of hydrogen-bond acceptors (Lipinski definition) is 2. The zero-order chi connectivity index (χ0) is 15.6. The summed E-state index contributed by atoms with van der Waals surface area (Å²) in [6.07, 6.45) is 7.17. The molecule has 0 saturated heterocycles. The van der Waals surface area contributed by atoms with Gasteiger partial charge < -0.3 is 10.4 Å². The monoisotopic (exact) mass is 305 g/mol. The molecule has 2 aliphatic rings. The second kappa shape index (κ2) is 5.99. The zero-order valence-corrected chi connectivity index (χ0v) is 12.9. The number of hydrogen-bond donors (Lipinski definition) is 2. The summed E-state index contributed by atoms with van der Waals surface area (Å²) >= 11 is 0. The first kappa shape index (κ1) is 15.5. The molecule has 1 aromatic rings. The van der Waals surface area contributed by atoms with E-state index in [2.05, 4.69) is 5.32 Å². The second-order valence-corrected chi connectivity index (χ2v) is 6.91. The van der Waals surface area contributed by atoms with Crippen LogP contribution in [0.25, 0.3) is 0 Å². The fourth-order valence-electron chi connectivity index (χ4n) is 3.76. The van der Waals surface area contributed by atoms with Crippen LogP contribution in [0, 0.1) is 5.82 Å². The molecule has 2 N–H and O–H groups in total. The quantitative estimate of drug-likeness (QED) is 0.898. The van der Waals surface area contributed by atoms with Gasteiger partial charge in [-0.05, 0) is 43.4 Å². The molecule has 3 rings (SSSR count). The molecule has 0 radical (unpaired) electrons. The fraction of sp³-hybridized carbons (Fsp3) is 0.611. The molecule has 0 aliphatic heterocycles. The molecule has 120 valence electrons. The van der Waals surface area contributed by atoms with Gasteiger partial charge in [-0.1, -0.05) is 37.8 Å². The van der Waals surface area contributed by atoms with Gasteiger partial charge in [0.2, 0.25) is 5.91 Å². The second-order valence-electron chi connectivity index (χ2n) is 6.91. The molecule has 0 spiro atoms. The largest absolute Gasteiger partial charge is 0.388 e. The van der Waals surface area contributed by atoms with Gasteiger partial charge in [-0.2, -0.15) is 0 Å². The number of carbonyl (C=O) groups is 1. The molecule has 0 heterocycles. The normalized spacial score (nSPS) is 22.6. The van der Waals surface area contributed by atoms with Gasteiger partial charge in [0.15, 0.2) is 0 Å². The SMILES string of the molecule is O=C(NCC1(O)CCCCC1)C1(c2cccc(F)c2)CCC1. The Morgan fingerprint density at radius 2 is 1.86 bits per heavy atom. The van der Waals surface area contributed by atoms with Gasteiger partial charge in [0.1, 0.15) is 5.82 Å². The Kier molecular flexibility index (Phi) is 4.22. The summed E-state index contributed by atoms with van der Waals surface area (Å²) < 4.78 is 13.5. The third kappa shape index (κ3) is 2.89.